The third kappa shape index (κ3) is 4.78. The second-order valence-electron chi connectivity index (χ2n) is 9.85. The van der Waals surface area contributed by atoms with Crippen molar-refractivity contribution >= 4 is 11.3 Å². The van der Waals surface area contributed by atoms with Crippen molar-refractivity contribution in [2.45, 2.75) is 56.7 Å². The van der Waals surface area contributed by atoms with Gasteiger partial charge in [-0.2, -0.15) is 13.2 Å². The topological polar surface area (TPSA) is 81.9 Å². The van der Waals surface area contributed by atoms with Crippen molar-refractivity contribution in [2.24, 2.45) is 7.05 Å². The van der Waals surface area contributed by atoms with Crippen molar-refractivity contribution in [2.75, 3.05) is 27.4 Å². The highest BCUT2D eigenvalue weighted by molar-refractivity contribution is 7.12. The van der Waals surface area contributed by atoms with Gasteiger partial charge >= 0.3 is 6.18 Å². The Labute approximate surface area is 222 Å². The van der Waals surface area contributed by atoms with Crippen LogP contribution in [0.3, 0.4) is 0 Å². The summed E-state index contributed by atoms with van der Waals surface area (Å²) in [5.41, 5.74) is 1.33. The summed E-state index contributed by atoms with van der Waals surface area (Å²) < 4.78 is 61.0. The molecule has 0 aliphatic carbocycles. The fraction of sp³-hybridized carbons (Fsp3) is 0.538. The lowest BCUT2D eigenvalue weighted by Crippen LogP contribution is -2.47. The van der Waals surface area contributed by atoms with Crippen LogP contribution in [0, 0.1) is 0 Å². The van der Waals surface area contributed by atoms with Crippen molar-refractivity contribution in [3.05, 3.63) is 56.5 Å². The summed E-state index contributed by atoms with van der Waals surface area (Å²) >= 11 is 0.717. The first kappa shape index (κ1) is 26.9. The molecule has 1 N–H and O–H groups in total. The Kier molecular flexibility index (Phi) is 7.18. The van der Waals surface area contributed by atoms with Gasteiger partial charge in [-0.15, -0.1) is 16.4 Å². The van der Waals surface area contributed by atoms with Crippen LogP contribution >= 0.6 is 11.3 Å². The molecule has 3 aromatic rings. The van der Waals surface area contributed by atoms with Crippen LogP contribution in [-0.2, 0) is 36.5 Å². The second kappa shape index (κ2) is 10.1. The smallest absolute Gasteiger partial charge is 0.425 e. The van der Waals surface area contributed by atoms with Crippen molar-refractivity contribution in [3.8, 4) is 11.5 Å². The zero-order valence-electron chi connectivity index (χ0n) is 21.7. The van der Waals surface area contributed by atoms with E-state index in [1.165, 1.54) is 6.92 Å². The van der Waals surface area contributed by atoms with Gasteiger partial charge in [0.2, 0.25) is 0 Å². The van der Waals surface area contributed by atoms with Crippen molar-refractivity contribution in [3.63, 3.8) is 0 Å². The van der Waals surface area contributed by atoms with Crippen LogP contribution in [0.1, 0.15) is 64.0 Å². The van der Waals surface area contributed by atoms with Crippen molar-refractivity contribution in [1.82, 2.24) is 19.9 Å². The molecule has 12 heteroatoms. The highest BCUT2D eigenvalue weighted by Gasteiger charge is 2.50. The van der Waals surface area contributed by atoms with Gasteiger partial charge in [0.25, 0.3) is 0 Å². The van der Waals surface area contributed by atoms with E-state index in [9.17, 15) is 18.3 Å². The molecule has 1 aromatic carbocycles. The minimum absolute atomic E-state index is 0.0124. The van der Waals surface area contributed by atoms with E-state index in [1.54, 1.807) is 25.9 Å². The maximum atomic E-state index is 14.0. The van der Waals surface area contributed by atoms with E-state index < -0.39 is 22.8 Å². The van der Waals surface area contributed by atoms with Gasteiger partial charge in [0, 0.05) is 54.8 Å². The Morgan fingerprint density at radius 3 is 2.71 bits per heavy atom. The van der Waals surface area contributed by atoms with Crippen LogP contribution in [0.5, 0.6) is 11.5 Å². The lowest BCUT2D eigenvalue weighted by Gasteiger charge is -2.47. The number of ether oxygens (including phenoxy) is 3. The summed E-state index contributed by atoms with van der Waals surface area (Å²) in [6.07, 6.45) is -2.68. The Hall–Kier alpha value is -2.67. The Morgan fingerprint density at radius 1 is 1.29 bits per heavy atom. The summed E-state index contributed by atoms with van der Waals surface area (Å²) in [5.74, 6) is 1.37. The monoisotopic (exact) mass is 552 g/mol. The molecule has 5 rings (SSSR count). The maximum Gasteiger partial charge on any atom is 0.425 e. The molecule has 206 valence electrons. The molecule has 0 bridgehead atoms. The van der Waals surface area contributed by atoms with E-state index in [4.69, 9.17) is 14.2 Å². The predicted molar refractivity (Wildman–Crippen MR) is 134 cm³/mol. The number of hydrogen-bond donors (Lipinski definition) is 1. The number of fused-ring (bicyclic) bond motifs is 2. The number of aromatic nitrogens is 3. The fourth-order valence-corrected chi connectivity index (χ4v) is 7.21. The number of halogens is 3. The molecule has 1 fully saturated rings. The standard InChI is InChI=1S/C26H31F3N4O4S/c1-15(34)22-18-7-10-37-25(23(18)38-24(22)26(27,28)29)8-9-33(20(12-25)19-14-32(2)31-30-19)13-16-5-6-17(35-3)11-21(16)36-4/h5-6,11,14-15,20,34H,7-10,12-13H2,1-4H3. The summed E-state index contributed by atoms with van der Waals surface area (Å²) in [7, 11) is 4.99. The first-order valence-corrected chi connectivity index (χ1v) is 13.2. The number of aryl methyl sites for hydroxylation is 1. The molecule has 2 aromatic heterocycles. The second-order valence-corrected chi connectivity index (χ2v) is 10.9. The van der Waals surface area contributed by atoms with Crippen LogP contribution in [0.15, 0.2) is 24.4 Å². The zero-order chi connectivity index (χ0) is 27.2. The molecule has 4 heterocycles. The molecule has 38 heavy (non-hydrogen) atoms. The van der Waals surface area contributed by atoms with Crippen LogP contribution in [-0.4, -0.2) is 52.4 Å². The predicted octanol–water partition coefficient (Wildman–Crippen LogP) is 4.77. The van der Waals surface area contributed by atoms with E-state index in [0.29, 0.717) is 72.2 Å². The highest BCUT2D eigenvalue weighted by atomic mass is 32.1. The van der Waals surface area contributed by atoms with Gasteiger partial charge in [-0.1, -0.05) is 11.3 Å². The number of aliphatic hydroxyl groups excluding tert-OH is 1. The van der Waals surface area contributed by atoms with E-state index in [2.05, 4.69) is 15.2 Å². The van der Waals surface area contributed by atoms with Crippen molar-refractivity contribution < 1.29 is 32.5 Å². The lowest BCUT2D eigenvalue weighted by atomic mass is 9.79. The summed E-state index contributed by atoms with van der Waals surface area (Å²) in [6, 6.07) is 5.39. The number of methoxy groups -OCH3 is 2. The van der Waals surface area contributed by atoms with E-state index >= 15 is 0 Å². The number of alkyl halides is 3. The van der Waals surface area contributed by atoms with E-state index in [0.717, 1.165) is 11.3 Å². The quantitative estimate of drug-likeness (QED) is 0.472. The first-order valence-electron chi connectivity index (χ1n) is 12.4. The summed E-state index contributed by atoms with van der Waals surface area (Å²) in [5, 5.41) is 18.8. The molecule has 3 atom stereocenters. The largest absolute Gasteiger partial charge is 0.497 e. The molecule has 3 unspecified atom stereocenters. The number of benzene rings is 1. The number of nitrogens with zero attached hydrogens (tertiary/aromatic N) is 4. The third-order valence-corrected chi connectivity index (χ3v) is 8.94. The number of rotatable bonds is 6. The third-order valence-electron chi connectivity index (χ3n) is 7.46. The van der Waals surface area contributed by atoms with Crippen LogP contribution in [0.4, 0.5) is 13.2 Å². The van der Waals surface area contributed by atoms with Crippen LogP contribution in [0.25, 0.3) is 0 Å². The van der Waals surface area contributed by atoms with E-state index in [1.807, 2.05) is 24.4 Å². The van der Waals surface area contributed by atoms with E-state index in [-0.39, 0.29) is 11.6 Å². The SMILES string of the molecule is COc1ccc(CN2CCC3(CC2c2cn(C)nn2)OCCc2c3sc(C(F)(F)F)c2C(C)O)c(OC)c1. The zero-order valence-corrected chi connectivity index (χ0v) is 22.5. The number of aliphatic hydroxyl groups is 1. The Balaban J connectivity index is 1.54. The van der Waals surface area contributed by atoms with Gasteiger partial charge in [0.1, 0.15) is 22.0 Å². The summed E-state index contributed by atoms with van der Waals surface area (Å²) in [6.45, 7) is 2.78. The average molecular weight is 553 g/mol. The number of hydrogen-bond acceptors (Lipinski definition) is 8. The molecule has 1 saturated heterocycles. The molecular formula is C26H31F3N4O4S. The van der Waals surface area contributed by atoms with Crippen LogP contribution < -0.4 is 9.47 Å². The lowest BCUT2D eigenvalue weighted by molar-refractivity contribution is -0.135. The first-order chi connectivity index (χ1) is 18.1. The van der Waals surface area contributed by atoms with Gasteiger partial charge in [0.05, 0.1) is 38.7 Å². The minimum Gasteiger partial charge on any atom is -0.497 e. The summed E-state index contributed by atoms with van der Waals surface area (Å²) in [4.78, 5) is 2.08. The molecule has 0 saturated carbocycles. The molecule has 2 aliphatic rings. The highest BCUT2D eigenvalue weighted by Crippen LogP contribution is 2.54. The van der Waals surface area contributed by atoms with Gasteiger partial charge in [-0.05, 0) is 31.4 Å². The number of likely N-dealkylation sites (tertiary alicyclic amines) is 1. The van der Waals surface area contributed by atoms with Crippen LogP contribution in [0.2, 0.25) is 0 Å². The molecule has 0 amide bonds. The molecule has 1 spiro atoms. The number of thiophene rings is 1. The normalized spacial score (nSPS) is 22.9. The van der Waals surface area contributed by atoms with Crippen molar-refractivity contribution in [1.29, 1.82) is 0 Å². The Bertz CT molecular complexity index is 1310. The molecular weight excluding hydrogens is 521 g/mol. The minimum atomic E-state index is -4.55. The van der Waals surface area contributed by atoms with Gasteiger partial charge in [-0.3, -0.25) is 9.58 Å². The van der Waals surface area contributed by atoms with Gasteiger partial charge in [-0.25, -0.2) is 0 Å². The Morgan fingerprint density at radius 2 is 2.08 bits per heavy atom. The fourth-order valence-electron chi connectivity index (χ4n) is 5.72. The average Bonchev–Trinajstić information content (AvgIpc) is 3.50. The molecule has 2 aliphatic heterocycles. The number of piperidine rings is 1. The molecule has 0 radical (unpaired) electrons. The van der Waals surface area contributed by atoms with Gasteiger partial charge < -0.3 is 19.3 Å². The molecule has 8 nitrogen and oxygen atoms in total. The maximum absolute atomic E-state index is 14.0. The van der Waals surface area contributed by atoms with Gasteiger partial charge in [0.15, 0.2) is 0 Å².